The number of aryl methyl sites for hydroxylation is 1. The molecule has 0 saturated carbocycles. The summed E-state index contributed by atoms with van der Waals surface area (Å²) in [5.74, 6) is -0.205. The van der Waals surface area contributed by atoms with Gasteiger partial charge in [0, 0.05) is 0 Å². The van der Waals surface area contributed by atoms with Gasteiger partial charge in [0.25, 0.3) is 0 Å². The molecular weight excluding hydrogens is 290 g/mol. The van der Waals surface area contributed by atoms with Gasteiger partial charge in [-0.15, -0.1) is 0 Å². The molecule has 1 aromatic heterocycles. The number of nitrogens with zero attached hydrogens (tertiary/aromatic N) is 1. The third-order valence-corrected chi connectivity index (χ3v) is 4.90. The highest BCUT2D eigenvalue weighted by molar-refractivity contribution is 7.80. The first kappa shape index (κ1) is 14.9. The van der Waals surface area contributed by atoms with Crippen molar-refractivity contribution in [2.24, 2.45) is 11.1 Å². The van der Waals surface area contributed by atoms with E-state index < -0.39 is 5.41 Å². The van der Waals surface area contributed by atoms with Crippen LogP contribution < -0.4 is 11.1 Å². The van der Waals surface area contributed by atoms with Gasteiger partial charge < -0.3 is 11.1 Å². The molecule has 6 heteroatoms. The Kier molecular flexibility index (Phi) is 4.06. The Bertz CT molecular complexity index is 680. The minimum Gasteiger partial charge on any atom is -0.392 e. The second-order valence-electron chi connectivity index (χ2n) is 4.99. The average molecular weight is 307 g/mol. The van der Waals surface area contributed by atoms with E-state index in [-0.39, 0.29) is 10.9 Å². The second-order valence-corrected chi connectivity index (χ2v) is 6.46. The van der Waals surface area contributed by atoms with Crippen LogP contribution in [0.4, 0.5) is 5.13 Å². The maximum absolute atomic E-state index is 12.3. The number of nitrogens with two attached hydrogens (primary N) is 1. The van der Waals surface area contributed by atoms with Crippen LogP contribution in [0.25, 0.3) is 10.2 Å². The van der Waals surface area contributed by atoms with Crippen LogP contribution in [0.3, 0.4) is 0 Å². The summed E-state index contributed by atoms with van der Waals surface area (Å²) in [6.07, 6.45) is 0.554. The van der Waals surface area contributed by atoms with Crippen LogP contribution in [0.15, 0.2) is 18.2 Å². The van der Waals surface area contributed by atoms with Crippen molar-refractivity contribution in [1.29, 1.82) is 0 Å². The molecule has 0 radical (unpaired) electrons. The maximum Gasteiger partial charge on any atom is 0.238 e. The molecule has 0 spiro atoms. The van der Waals surface area contributed by atoms with Crippen molar-refractivity contribution in [2.45, 2.75) is 27.2 Å². The first-order valence-corrected chi connectivity index (χ1v) is 7.58. The lowest BCUT2D eigenvalue weighted by Gasteiger charge is -2.24. The second kappa shape index (κ2) is 5.46. The number of hydrogen-bond donors (Lipinski definition) is 2. The van der Waals surface area contributed by atoms with Crippen LogP contribution in [0.1, 0.15) is 25.8 Å². The van der Waals surface area contributed by atoms with Crippen molar-refractivity contribution >= 4 is 49.8 Å². The lowest BCUT2D eigenvalue weighted by atomic mass is 9.86. The molecule has 0 aliphatic rings. The number of amides is 1. The minimum atomic E-state index is -0.844. The van der Waals surface area contributed by atoms with Crippen molar-refractivity contribution in [3.8, 4) is 0 Å². The minimum absolute atomic E-state index is 0.203. The van der Waals surface area contributed by atoms with Gasteiger partial charge in [-0.05, 0) is 38.0 Å². The number of hydrogen-bond acceptors (Lipinski definition) is 4. The zero-order valence-corrected chi connectivity index (χ0v) is 13.3. The van der Waals surface area contributed by atoms with Crippen molar-refractivity contribution in [3.63, 3.8) is 0 Å². The molecule has 20 heavy (non-hydrogen) atoms. The molecule has 1 unspecified atom stereocenters. The fourth-order valence-electron chi connectivity index (χ4n) is 1.77. The summed E-state index contributed by atoms with van der Waals surface area (Å²) in [5.41, 5.74) is 6.89. The van der Waals surface area contributed by atoms with Crippen LogP contribution in [-0.4, -0.2) is 15.9 Å². The Morgan fingerprint density at radius 1 is 1.55 bits per heavy atom. The Morgan fingerprint density at radius 3 is 2.85 bits per heavy atom. The van der Waals surface area contributed by atoms with Crippen molar-refractivity contribution in [2.75, 3.05) is 5.32 Å². The summed E-state index contributed by atoms with van der Waals surface area (Å²) in [6.45, 7) is 5.67. The molecule has 4 nitrogen and oxygen atoms in total. The average Bonchev–Trinajstić information content (AvgIpc) is 2.78. The van der Waals surface area contributed by atoms with Gasteiger partial charge in [0.1, 0.15) is 0 Å². The van der Waals surface area contributed by atoms with Crippen molar-refractivity contribution in [1.82, 2.24) is 4.98 Å². The molecule has 1 atom stereocenters. The van der Waals surface area contributed by atoms with Gasteiger partial charge in [-0.2, -0.15) is 0 Å². The first-order valence-electron chi connectivity index (χ1n) is 6.35. The predicted octanol–water partition coefficient (Wildman–Crippen LogP) is 3.25. The summed E-state index contributed by atoms with van der Waals surface area (Å²) in [5, 5.41) is 3.40. The molecule has 2 aromatic rings. The zero-order valence-electron chi connectivity index (χ0n) is 11.7. The monoisotopic (exact) mass is 307 g/mol. The number of anilines is 1. The lowest BCUT2D eigenvalue weighted by molar-refractivity contribution is -0.121. The lowest BCUT2D eigenvalue weighted by Crippen LogP contribution is -2.43. The number of nitrogens with one attached hydrogen (secondary N) is 1. The van der Waals surface area contributed by atoms with Gasteiger partial charge in [0.2, 0.25) is 5.91 Å². The van der Waals surface area contributed by atoms with Crippen LogP contribution in [0.5, 0.6) is 0 Å². The van der Waals surface area contributed by atoms with Gasteiger partial charge in [-0.1, -0.05) is 36.5 Å². The van der Waals surface area contributed by atoms with E-state index in [1.165, 1.54) is 16.9 Å². The fourth-order valence-corrected chi connectivity index (χ4v) is 2.96. The van der Waals surface area contributed by atoms with E-state index in [1.807, 2.05) is 26.0 Å². The predicted molar refractivity (Wildman–Crippen MR) is 88.2 cm³/mol. The Labute approximate surface area is 127 Å². The highest BCUT2D eigenvalue weighted by Crippen LogP contribution is 2.29. The molecule has 1 aromatic carbocycles. The van der Waals surface area contributed by atoms with E-state index in [9.17, 15) is 4.79 Å². The molecule has 0 aliphatic heterocycles. The molecule has 3 N–H and O–H groups in total. The molecule has 106 valence electrons. The summed E-state index contributed by atoms with van der Waals surface area (Å²) >= 11 is 6.45. The molecule has 1 amide bonds. The Hall–Kier alpha value is -1.53. The fraction of sp³-hybridized carbons (Fsp3) is 0.357. The smallest absolute Gasteiger partial charge is 0.238 e. The Balaban J connectivity index is 2.28. The third-order valence-electron chi connectivity index (χ3n) is 3.52. The van der Waals surface area contributed by atoms with E-state index in [0.29, 0.717) is 11.6 Å². The quantitative estimate of drug-likeness (QED) is 0.851. The number of aromatic nitrogens is 1. The molecular formula is C14H17N3OS2. The van der Waals surface area contributed by atoms with E-state index in [4.69, 9.17) is 18.0 Å². The molecule has 0 saturated heterocycles. The van der Waals surface area contributed by atoms with E-state index in [2.05, 4.69) is 16.4 Å². The summed E-state index contributed by atoms with van der Waals surface area (Å²) in [6, 6.07) is 6.00. The molecule has 2 rings (SSSR count). The number of thiazole rings is 1. The van der Waals surface area contributed by atoms with Crippen LogP contribution in [0, 0.1) is 12.3 Å². The van der Waals surface area contributed by atoms with Gasteiger partial charge in [-0.25, -0.2) is 4.98 Å². The Morgan fingerprint density at radius 2 is 2.25 bits per heavy atom. The van der Waals surface area contributed by atoms with Gasteiger partial charge in [-0.3, -0.25) is 4.79 Å². The summed E-state index contributed by atoms with van der Waals surface area (Å²) in [4.78, 5) is 16.9. The number of thiocarbonyl (C=S) groups is 1. The SMILES string of the molecule is CCC(C)(C(=O)Nc1nc2ccc(C)cc2s1)C(N)=S. The largest absolute Gasteiger partial charge is 0.392 e. The van der Waals surface area contributed by atoms with Crippen LogP contribution >= 0.6 is 23.6 Å². The van der Waals surface area contributed by atoms with Gasteiger partial charge in [0.15, 0.2) is 5.13 Å². The number of carbonyl (C=O) groups excluding carboxylic acids is 1. The van der Waals surface area contributed by atoms with Crippen molar-refractivity contribution < 1.29 is 4.79 Å². The molecule has 0 bridgehead atoms. The van der Waals surface area contributed by atoms with E-state index in [1.54, 1.807) is 6.92 Å². The first-order chi connectivity index (χ1) is 9.36. The highest BCUT2D eigenvalue weighted by atomic mass is 32.1. The molecule has 0 aliphatic carbocycles. The van der Waals surface area contributed by atoms with E-state index >= 15 is 0 Å². The van der Waals surface area contributed by atoms with Gasteiger partial charge >= 0.3 is 0 Å². The topological polar surface area (TPSA) is 68.0 Å². The van der Waals surface area contributed by atoms with Crippen molar-refractivity contribution in [3.05, 3.63) is 23.8 Å². The standard InChI is InChI=1S/C14H17N3OS2/c1-4-14(3,11(15)19)12(18)17-13-16-9-6-5-8(2)7-10(9)20-13/h5-7H,4H2,1-3H3,(H2,15,19)(H,16,17,18). The third kappa shape index (κ3) is 2.66. The van der Waals surface area contributed by atoms with Crippen LogP contribution in [0.2, 0.25) is 0 Å². The zero-order chi connectivity index (χ0) is 14.9. The number of carbonyl (C=O) groups is 1. The summed E-state index contributed by atoms with van der Waals surface area (Å²) < 4.78 is 1.05. The molecule has 0 fully saturated rings. The number of benzene rings is 1. The van der Waals surface area contributed by atoms with E-state index in [0.717, 1.165) is 10.2 Å². The van der Waals surface area contributed by atoms with Gasteiger partial charge in [0.05, 0.1) is 20.6 Å². The van der Waals surface area contributed by atoms with Crippen LogP contribution in [-0.2, 0) is 4.79 Å². The molecule has 1 heterocycles. The highest BCUT2D eigenvalue weighted by Gasteiger charge is 2.35. The normalized spacial score (nSPS) is 13.9. The summed E-state index contributed by atoms with van der Waals surface area (Å²) in [7, 11) is 0. The number of fused-ring (bicyclic) bond motifs is 1. The maximum atomic E-state index is 12.3. The number of rotatable bonds is 4.